The lowest BCUT2D eigenvalue weighted by Crippen LogP contribution is -2.44. The van der Waals surface area contributed by atoms with Gasteiger partial charge in [-0.1, -0.05) is 42.3 Å². The van der Waals surface area contributed by atoms with Crippen LogP contribution in [0.25, 0.3) is 0 Å². The minimum atomic E-state index is -0.268. The molecule has 1 amide bonds. The summed E-state index contributed by atoms with van der Waals surface area (Å²) in [5.74, 6) is -0.234. The van der Waals surface area contributed by atoms with E-state index >= 15 is 0 Å². The molecule has 2 aromatic rings. The van der Waals surface area contributed by atoms with Gasteiger partial charge in [0.1, 0.15) is 5.82 Å². The SMILES string of the molecule is Cc1ccc(C)c(C2CC(c3ccc(F)cc3)=NN2C(=O)CN2CCCCC2C)c1. The Morgan fingerprint density at radius 3 is 2.63 bits per heavy atom. The average molecular weight is 408 g/mol. The normalized spacial score (nSPS) is 22.3. The van der Waals surface area contributed by atoms with Crippen molar-refractivity contribution in [3.05, 3.63) is 70.5 Å². The lowest BCUT2D eigenvalue weighted by atomic mass is 9.94. The zero-order chi connectivity index (χ0) is 21.3. The van der Waals surface area contributed by atoms with Crippen molar-refractivity contribution in [1.29, 1.82) is 0 Å². The molecule has 4 rings (SSSR count). The summed E-state index contributed by atoms with van der Waals surface area (Å²) in [4.78, 5) is 15.7. The molecule has 2 aliphatic heterocycles. The van der Waals surface area contributed by atoms with E-state index in [1.807, 2.05) is 0 Å². The zero-order valence-corrected chi connectivity index (χ0v) is 18.1. The van der Waals surface area contributed by atoms with E-state index in [4.69, 9.17) is 5.10 Å². The van der Waals surface area contributed by atoms with Gasteiger partial charge in [-0.3, -0.25) is 9.69 Å². The molecule has 2 atom stereocenters. The van der Waals surface area contributed by atoms with Gasteiger partial charge in [0.25, 0.3) is 5.91 Å². The highest BCUT2D eigenvalue weighted by Crippen LogP contribution is 2.35. The third-order valence-electron chi connectivity index (χ3n) is 6.42. The van der Waals surface area contributed by atoms with Crippen molar-refractivity contribution in [3.63, 3.8) is 0 Å². The van der Waals surface area contributed by atoms with Gasteiger partial charge in [-0.2, -0.15) is 5.10 Å². The molecular formula is C25H30FN3O. The van der Waals surface area contributed by atoms with E-state index in [0.717, 1.165) is 41.8 Å². The van der Waals surface area contributed by atoms with Crippen molar-refractivity contribution in [3.8, 4) is 0 Å². The van der Waals surface area contributed by atoms with Crippen LogP contribution in [0.15, 0.2) is 47.6 Å². The number of hydrogen-bond donors (Lipinski definition) is 0. The second-order valence-electron chi connectivity index (χ2n) is 8.69. The van der Waals surface area contributed by atoms with E-state index in [9.17, 15) is 9.18 Å². The Bertz CT molecular complexity index is 953. The highest BCUT2D eigenvalue weighted by atomic mass is 19.1. The number of carbonyl (C=O) groups excluding carboxylic acids is 1. The first kappa shape index (κ1) is 20.7. The number of piperidine rings is 1. The quantitative estimate of drug-likeness (QED) is 0.715. The number of amides is 1. The number of carbonyl (C=O) groups is 1. The monoisotopic (exact) mass is 407 g/mol. The highest BCUT2D eigenvalue weighted by Gasteiger charge is 2.35. The summed E-state index contributed by atoms with van der Waals surface area (Å²) in [6.07, 6.45) is 4.14. The van der Waals surface area contributed by atoms with Crippen LogP contribution in [0.3, 0.4) is 0 Å². The third kappa shape index (κ3) is 4.31. The van der Waals surface area contributed by atoms with E-state index in [1.165, 1.54) is 24.1 Å². The molecule has 1 fully saturated rings. The fourth-order valence-corrected chi connectivity index (χ4v) is 4.56. The van der Waals surface area contributed by atoms with E-state index < -0.39 is 0 Å². The molecule has 2 aliphatic rings. The summed E-state index contributed by atoms with van der Waals surface area (Å²) in [5.41, 5.74) is 5.17. The van der Waals surface area contributed by atoms with Gasteiger partial charge in [-0.25, -0.2) is 9.40 Å². The summed E-state index contributed by atoms with van der Waals surface area (Å²) in [7, 11) is 0. The van der Waals surface area contributed by atoms with Crippen LogP contribution in [0, 0.1) is 19.7 Å². The van der Waals surface area contributed by atoms with Crippen molar-refractivity contribution in [2.24, 2.45) is 5.10 Å². The molecule has 0 radical (unpaired) electrons. The molecule has 2 unspecified atom stereocenters. The van der Waals surface area contributed by atoms with Crippen LogP contribution in [0.2, 0.25) is 0 Å². The Hall–Kier alpha value is -2.53. The van der Waals surface area contributed by atoms with Crippen molar-refractivity contribution in [1.82, 2.24) is 9.91 Å². The number of rotatable bonds is 4. The molecule has 0 aliphatic carbocycles. The van der Waals surface area contributed by atoms with Gasteiger partial charge in [0.05, 0.1) is 18.3 Å². The number of halogens is 1. The lowest BCUT2D eigenvalue weighted by Gasteiger charge is -2.34. The van der Waals surface area contributed by atoms with E-state index in [-0.39, 0.29) is 17.8 Å². The van der Waals surface area contributed by atoms with Crippen molar-refractivity contribution >= 4 is 11.6 Å². The zero-order valence-electron chi connectivity index (χ0n) is 18.1. The molecule has 0 bridgehead atoms. The number of nitrogens with zero attached hydrogens (tertiary/aromatic N) is 3. The van der Waals surface area contributed by atoms with Crippen LogP contribution >= 0.6 is 0 Å². The molecule has 0 spiro atoms. The summed E-state index contributed by atoms with van der Waals surface area (Å²) in [5, 5.41) is 6.44. The molecule has 0 saturated carbocycles. The van der Waals surface area contributed by atoms with E-state index in [1.54, 1.807) is 17.1 Å². The molecule has 5 heteroatoms. The average Bonchev–Trinajstić information content (AvgIpc) is 3.17. The van der Waals surface area contributed by atoms with Gasteiger partial charge in [0.2, 0.25) is 0 Å². The summed E-state index contributed by atoms with van der Waals surface area (Å²) in [6, 6.07) is 13.0. The molecule has 0 N–H and O–H groups in total. The maximum Gasteiger partial charge on any atom is 0.257 e. The topological polar surface area (TPSA) is 35.9 Å². The Kier molecular flexibility index (Phi) is 6.00. The van der Waals surface area contributed by atoms with Gasteiger partial charge in [0, 0.05) is 12.5 Å². The smallest absolute Gasteiger partial charge is 0.257 e. The van der Waals surface area contributed by atoms with Gasteiger partial charge in [-0.05, 0) is 69.0 Å². The maximum absolute atomic E-state index is 13.4. The number of aryl methyl sites for hydroxylation is 2. The minimum absolute atomic E-state index is 0.0340. The standard InChI is InChI=1S/C25H30FN3O/c1-17-7-8-18(2)22(14-17)24-15-23(20-9-11-21(26)12-10-20)27-29(24)25(30)16-28-13-5-4-6-19(28)3/h7-12,14,19,24H,4-6,13,15-16H2,1-3H3. The van der Waals surface area contributed by atoms with Crippen molar-refractivity contribution in [2.45, 2.75) is 58.5 Å². The van der Waals surface area contributed by atoms with E-state index in [2.05, 4.69) is 43.9 Å². The fraction of sp³-hybridized carbons (Fsp3) is 0.440. The Morgan fingerprint density at radius 1 is 1.13 bits per heavy atom. The Morgan fingerprint density at radius 2 is 1.90 bits per heavy atom. The molecule has 2 aromatic carbocycles. The van der Waals surface area contributed by atoms with Gasteiger partial charge >= 0.3 is 0 Å². The number of benzene rings is 2. The number of likely N-dealkylation sites (tertiary alicyclic amines) is 1. The molecule has 1 saturated heterocycles. The summed E-state index contributed by atoms with van der Waals surface area (Å²) >= 11 is 0. The van der Waals surface area contributed by atoms with Crippen LogP contribution in [0.1, 0.15) is 60.9 Å². The second kappa shape index (κ2) is 8.68. The Labute approximate surface area is 178 Å². The first-order valence-corrected chi connectivity index (χ1v) is 10.9. The Balaban J connectivity index is 1.65. The molecule has 2 heterocycles. The van der Waals surface area contributed by atoms with Gasteiger partial charge in [0.15, 0.2) is 0 Å². The summed E-state index contributed by atoms with van der Waals surface area (Å²) < 4.78 is 13.4. The second-order valence-corrected chi connectivity index (χ2v) is 8.69. The number of hydrazone groups is 1. The minimum Gasteiger partial charge on any atom is -0.292 e. The first-order chi connectivity index (χ1) is 14.4. The lowest BCUT2D eigenvalue weighted by molar-refractivity contribution is -0.135. The molecule has 4 nitrogen and oxygen atoms in total. The highest BCUT2D eigenvalue weighted by molar-refractivity contribution is 6.03. The molecule has 30 heavy (non-hydrogen) atoms. The van der Waals surface area contributed by atoms with Crippen LogP contribution in [0.5, 0.6) is 0 Å². The molecular weight excluding hydrogens is 377 g/mol. The van der Waals surface area contributed by atoms with Crippen LogP contribution in [-0.2, 0) is 4.79 Å². The molecule has 158 valence electrons. The van der Waals surface area contributed by atoms with Crippen molar-refractivity contribution in [2.75, 3.05) is 13.1 Å². The van der Waals surface area contributed by atoms with E-state index in [0.29, 0.717) is 19.0 Å². The van der Waals surface area contributed by atoms with Crippen molar-refractivity contribution < 1.29 is 9.18 Å². The molecule has 0 aromatic heterocycles. The van der Waals surface area contributed by atoms with Crippen LogP contribution < -0.4 is 0 Å². The maximum atomic E-state index is 13.4. The van der Waals surface area contributed by atoms with Crippen LogP contribution in [-0.4, -0.2) is 40.7 Å². The summed E-state index contributed by atoms with van der Waals surface area (Å²) in [6.45, 7) is 7.71. The van der Waals surface area contributed by atoms with Gasteiger partial charge in [-0.15, -0.1) is 0 Å². The predicted molar refractivity (Wildman–Crippen MR) is 118 cm³/mol. The fourth-order valence-electron chi connectivity index (χ4n) is 4.56. The first-order valence-electron chi connectivity index (χ1n) is 10.9. The van der Waals surface area contributed by atoms with Gasteiger partial charge < -0.3 is 0 Å². The largest absolute Gasteiger partial charge is 0.292 e. The third-order valence-corrected chi connectivity index (χ3v) is 6.42. The van der Waals surface area contributed by atoms with Crippen LogP contribution in [0.4, 0.5) is 4.39 Å². The number of hydrogen-bond acceptors (Lipinski definition) is 3. The predicted octanol–water partition coefficient (Wildman–Crippen LogP) is 4.99.